The lowest BCUT2D eigenvalue weighted by atomic mass is 9.64. The van der Waals surface area contributed by atoms with E-state index < -0.39 is 0 Å². The molecule has 1 saturated heterocycles. The Morgan fingerprint density at radius 3 is 2.72 bits per heavy atom. The van der Waals surface area contributed by atoms with E-state index in [0.717, 1.165) is 37.2 Å². The fourth-order valence-electron chi connectivity index (χ4n) is 4.44. The van der Waals surface area contributed by atoms with Crippen LogP contribution in [0.2, 0.25) is 0 Å². The number of esters is 2. The van der Waals surface area contributed by atoms with Crippen LogP contribution in [0.5, 0.6) is 0 Å². The van der Waals surface area contributed by atoms with Gasteiger partial charge < -0.3 is 9.47 Å². The van der Waals surface area contributed by atoms with Crippen LogP contribution in [0, 0.1) is 17.3 Å². The van der Waals surface area contributed by atoms with E-state index in [1.54, 1.807) is 0 Å². The van der Waals surface area contributed by atoms with E-state index in [4.69, 9.17) is 9.47 Å². The minimum atomic E-state index is -0.345. The molecule has 142 valence electrons. The largest absolute Gasteiger partial charge is 0.463 e. The maximum atomic E-state index is 12.1. The normalized spacial score (nSPS) is 30.6. The third-order valence-electron chi connectivity index (χ3n) is 5.84. The second-order valence-corrected chi connectivity index (χ2v) is 8.55. The van der Waals surface area contributed by atoms with Gasteiger partial charge in [0.05, 0.1) is 6.42 Å². The maximum Gasteiger partial charge on any atom is 0.307 e. The molecule has 1 aliphatic carbocycles. The molecule has 0 aromatic heterocycles. The van der Waals surface area contributed by atoms with Crippen molar-refractivity contribution < 1.29 is 19.1 Å². The van der Waals surface area contributed by atoms with Crippen molar-refractivity contribution in [2.75, 3.05) is 0 Å². The Labute approximate surface area is 152 Å². The summed E-state index contributed by atoms with van der Waals surface area (Å²) in [5.41, 5.74) is 0.753. The molecule has 1 heterocycles. The summed E-state index contributed by atoms with van der Waals surface area (Å²) in [5, 5.41) is 0. The molecule has 0 bridgehead atoms. The lowest BCUT2D eigenvalue weighted by Gasteiger charge is -2.42. The number of ether oxygens (including phenoxy) is 2. The van der Waals surface area contributed by atoms with Gasteiger partial charge in [0.25, 0.3) is 0 Å². The van der Waals surface area contributed by atoms with Crippen LogP contribution in [0.3, 0.4) is 0 Å². The molecule has 1 aliphatic heterocycles. The van der Waals surface area contributed by atoms with Crippen molar-refractivity contribution in [3.05, 3.63) is 12.2 Å². The fraction of sp³-hybridized carbons (Fsp3) is 0.810. The van der Waals surface area contributed by atoms with Gasteiger partial charge in [-0.2, -0.15) is 0 Å². The smallest absolute Gasteiger partial charge is 0.307 e. The Balaban J connectivity index is 2.04. The summed E-state index contributed by atoms with van der Waals surface area (Å²) in [4.78, 5) is 23.5. The molecular formula is C21H34O4. The first-order valence-corrected chi connectivity index (χ1v) is 9.78. The molecular weight excluding hydrogens is 316 g/mol. The molecule has 2 aliphatic rings. The van der Waals surface area contributed by atoms with E-state index in [9.17, 15) is 9.59 Å². The van der Waals surface area contributed by atoms with Crippen molar-refractivity contribution in [1.82, 2.24) is 0 Å². The molecule has 2 rings (SSSR count). The van der Waals surface area contributed by atoms with Crippen LogP contribution >= 0.6 is 0 Å². The number of rotatable bonds is 7. The summed E-state index contributed by atoms with van der Waals surface area (Å²) in [6.45, 7) is 12.5. The SMILES string of the molecule is C=C1CC[C@@H](OC(C)=O)CC12CC(=O)O[C@@H]2CC(C)CCCC(C)C. The number of carbonyl (C=O) groups is 2. The molecule has 25 heavy (non-hydrogen) atoms. The molecule has 4 heteroatoms. The molecule has 2 unspecified atom stereocenters. The monoisotopic (exact) mass is 350 g/mol. The highest BCUT2D eigenvalue weighted by atomic mass is 16.6. The molecule has 4 atom stereocenters. The minimum Gasteiger partial charge on any atom is -0.463 e. The van der Waals surface area contributed by atoms with E-state index in [2.05, 4.69) is 27.4 Å². The lowest BCUT2D eigenvalue weighted by Crippen LogP contribution is -2.41. The molecule has 0 radical (unpaired) electrons. The van der Waals surface area contributed by atoms with Gasteiger partial charge in [-0.1, -0.05) is 52.2 Å². The average molecular weight is 350 g/mol. The van der Waals surface area contributed by atoms with E-state index in [1.807, 2.05) is 0 Å². The van der Waals surface area contributed by atoms with Gasteiger partial charge in [0.15, 0.2) is 0 Å². The van der Waals surface area contributed by atoms with Crippen molar-refractivity contribution in [3.8, 4) is 0 Å². The second-order valence-electron chi connectivity index (χ2n) is 8.55. The van der Waals surface area contributed by atoms with Crippen LogP contribution in [0.15, 0.2) is 12.2 Å². The Morgan fingerprint density at radius 2 is 2.08 bits per heavy atom. The van der Waals surface area contributed by atoms with Crippen LogP contribution < -0.4 is 0 Å². The Kier molecular flexibility index (Phi) is 6.70. The third kappa shape index (κ3) is 5.08. The summed E-state index contributed by atoms with van der Waals surface area (Å²) in [5.74, 6) is 0.847. The molecule has 4 nitrogen and oxygen atoms in total. The van der Waals surface area contributed by atoms with Gasteiger partial charge >= 0.3 is 11.9 Å². The summed E-state index contributed by atoms with van der Waals surface area (Å²) in [6.07, 6.45) is 6.87. The molecule has 0 aromatic carbocycles. The maximum absolute atomic E-state index is 12.1. The van der Waals surface area contributed by atoms with E-state index in [-0.39, 0.29) is 29.6 Å². The van der Waals surface area contributed by atoms with Gasteiger partial charge in [-0.25, -0.2) is 0 Å². The van der Waals surface area contributed by atoms with Crippen LogP contribution in [-0.2, 0) is 19.1 Å². The van der Waals surface area contributed by atoms with Gasteiger partial charge in [-0.15, -0.1) is 0 Å². The van der Waals surface area contributed by atoms with Crippen LogP contribution in [0.1, 0.15) is 79.1 Å². The predicted molar refractivity (Wildman–Crippen MR) is 97.9 cm³/mol. The number of hydrogen-bond donors (Lipinski definition) is 0. The third-order valence-corrected chi connectivity index (χ3v) is 5.84. The van der Waals surface area contributed by atoms with Crippen molar-refractivity contribution in [2.24, 2.45) is 17.3 Å². The topological polar surface area (TPSA) is 52.6 Å². The second kappa shape index (κ2) is 8.37. The number of hydrogen-bond acceptors (Lipinski definition) is 4. The zero-order valence-electron chi connectivity index (χ0n) is 16.3. The van der Waals surface area contributed by atoms with Crippen LogP contribution in [0.25, 0.3) is 0 Å². The highest BCUT2D eigenvalue weighted by Crippen LogP contribution is 2.52. The summed E-state index contributed by atoms with van der Waals surface area (Å²) in [6, 6.07) is 0. The first kappa shape index (κ1) is 20.0. The Bertz CT molecular complexity index is 510. The van der Waals surface area contributed by atoms with E-state index in [1.165, 1.54) is 19.8 Å². The Hall–Kier alpha value is -1.32. The molecule has 2 fully saturated rings. The zero-order valence-corrected chi connectivity index (χ0v) is 16.3. The fourth-order valence-corrected chi connectivity index (χ4v) is 4.44. The molecule has 1 spiro atoms. The van der Waals surface area contributed by atoms with E-state index >= 15 is 0 Å². The van der Waals surface area contributed by atoms with Gasteiger partial charge in [0, 0.05) is 12.3 Å². The van der Waals surface area contributed by atoms with Gasteiger partial charge in [0.1, 0.15) is 12.2 Å². The van der Waals surface area contributed by atoms with Crippen LogP contribution in [0.4, 0.5) is 0 Å². The number of carbonyl (C=O) groups excluding carboxylic acids is 2. The summed E-state index contributed by atoms with van der Waals surface area (Å²) < 4.78 is 11.2. The van der Waals surface area contributed by atoms with Crippen molar-refractivity contribution >= 4 is 11.9 Å². The predicted octanol–water partition coefficient (Wildman–Crippen LogP) is 4.81. The van der Waals surface area contributed by atoms with E-state index in [0.29, 0.717) is 18.8 Å². The van der Waals surface area contributed by atoms with Gasteiger partial charge in [-0.3, -0.25) is 9.59 Å². The van der Waals surface area contributed by atoms with Gasteiger partial charge in [-0.05, 0) is 37.5 Å². The molecule has 1 saturated carbocycles. The van der Waals surface area contributed by atoms with Crippen LogP contribution in [-0.4, -0.2) is 24.1 Å². The molecule has 0 aromatic rings. The number of cyclic esters (lactones) is 1. The first-order valence-electron chi connectivity index (χ1n) is 9.78. The minimum absolute atomic E-state index is 0.125. The standard InChI is InChI=1S/C21H34O4/c1-14(2)7-6-8-15(3)11-19-21(13-20(23)25-19)12-18(24-17(5)22)10-9-16(21)4/h14-15,18-19H,4,6-13H2,1-3,5H3/t15?,18-,19-,21?/m1/s1. The van der Waals surface area contributed by atoms with Crippen molar-refractivity contribution in [1.29, 1.82) is 0 Å². The lowest BCUT2D eigenvalue weighted by molar-refractivity contribution is -0.150. The average Bonchev–Trinajstić information content (AvgIpc) is 2.78. The quantitative estimate of drug-likeness (QED) is 0.488. The highest BCUT2D eigenvalue weighted by Gasteiger charge is 2.53. The summed E-state index contributed by atoms with van der Waals surface area (Å²) in [7, 11) is 0. The molecule has 0 N–H and O–H groups in total. The first-order chi connectivity index (χ1) is 11.7. The van der Waals surface area contributed by atoms with Gasteiger partial charge in [0.2, 0.25) is 0 Å². The van der Waals surface area contributed by atoms with Crippen molar-refractivity contribution in [3.63, 3.8) is 0 Å². The Morgan fingerprint density at radius 1 is 1.36 bits per heavy atom. The highest BCUT2D eigenvalue weighted by molar-refractivity contribution is 5.74. The summed E-state index contributed by atoms with van der Waals surface area (Å²) >= 11 is 0. The zero-order chi connectivity index (χ0) is 18.6. The molecule has 0 amide bonds. The van der Waals surface area contributed by atoms with Crippen molar-refractivity contribution in [2.45, 2.75) is 91.3 Å².